The summed E-state index contributed by atoms with van der Waals surface area (Å²) < 4.78 is 46.7. The van der Waals surface area contributed by atoms with Gasteiger partial charge in [0, 0.05) is 30.1 Å². The molecule has 0 saturated carbocycles. The molecule has 0 bridgehead atoms. The molecule has 0 aliphatic rings. The molecule has 8 nitrogen and oxygen atoms in total. The largest absolute Gasteiger partial charge is 0.573 e. The van der Waals surface area contributed by atoms with Gasteiger partial charge in [0.1, 0.15) is 17.5 Å². The Balaban J connectivity index is 2.07. The Morgan fingerprint density at radius 1 is 1.09 bits per heavy atom. The van der Waals surface area contributed by atoms with Crippen LogP contribution in [0.25, 0.3) is 22.2 Å². The maximum atomic E-state index is 12.5. The third-order valence-corrected chi connectivity index (χ3v) is 4.60. The highest BCUT2D eigenvalue weighted by atomic mass is 19.4. The lowest BCUT2D eigenvalue weighted by Gasteiger charge is -2.21. The number of fused-ring (bicyclic) bond motifs is 1. The number of ether oxygens (including phenoxy) is 2. The first-order chi connectivity index (χ1) is 15.9. The fourth-order valence-electron chi connectivity index (χ4n) is 3.35. The maximum absolute atomic E-state index is 12.5. The second kappa shape index (κ2) is 9.82. The second-order valence-electron chi connectivity index (χ2n) is 8.38. The maximum Gasteiger partial charge on any atom is 0.573 e. The molecule has 34 heavy (non-hydrogen) atoms. The lowest BCUT2D eigenvalue weighted by molar-refractivity contribution is -0.274. The summed E-state index contributed by atoms with van der Waals surface area (Å²) in [6, 6.07) is 6.82. The molecule has 1 atom stereocenters. The summed E-state index contributed by atoms with van der Waals surface area (Å²) >= 11 is 0. The van der Waals surface area contributed by atoms with Crippen molar-refractivity contribution < 1.29 is 37.7 Å². The van der Waals surface area contributed by atoms with Crippen LogP contribution in [0, 0.1) is 0 Å². The van der Waals surface area contributed by atoms with Crippen molar-refractivity contribution in [3.8, 4) is 16.9 Å². The van der Waals surface area contributed by atoms with Crippen LogP contribution in [0.15, 0.2) is 42.7 Å². The number of aliphatic hydroxyl groups excluding tert-OH is 2. The Morgan fingerprint density at radius 3 is 2.26 bits per heavy atom. The zero-order chi connectivity index (χ0) is 25.1. The van der Waals surface area contributed by atoms with Crippen molar-refractivity contribution in [3.63, 3.8) is 0 Å². The highest BCUT2D eigenvalue weighted by Crippen LogP contribution is 2.35. The van der Waals surface area contributed by atoms with Crippen LogP contribution in [0.5, 0.6) is 5.75 Å². The lowest BCUT2D eigenvalue weighted by Crippen LogP contribution is -2.32. The topological polar surface area (TPSA) is 114 Å². The van der Waals surface area contributed by atoms with Gasteiger partial charge in [-0.1, -0.05) is 12.1 Å². The summed E-state index contributed by atoms with van der Waals surface area (Å²) in [7, 11) is 0. The van der Waals surface area contributed by atoms with Crippen LogP contribution in [0.1, 0.15) is 38.0 Å². The number of nitrogens with zero attached hydrogens (tertiary/aromatic N) is 2. The first-order valence-corrected chi connectivity index (χ1v) is 10.3. The van der Waals surface area contributed by atoms with Crippen LogP contribution in [-0.4, -0.2) is 44.8 Å². The van der Waals surface area contributed by atoms with E-state index in [1.54, 1.807) is 26.8 Å². The summed E-state index contributed by atoms with van der Waals surface area (Å²) in [6.07, 6.45) is -3.98. The summed E-state index contributed by atoms with van der Waals surface area (Å²) in [5, 5.41) is 22.7. The van der Waals surface area contributed by atoms with Gasteiger partial charge in [-0.3, -0.25) is 9.97 Å². The van der Waals surface area contributed by atoms with Gasteiger partial charge in [-0.25, -0.2) is 4.79 Å². The molecule has 0 aliphatic carbocycles. The van der Waals surface area contributed by atoms with E-state index >= 15 is 0 Å². The van der Waals surface area contributed by atoms with E-state index in [9.17, 15) is 28.2 Å². The number of halogens is 3. The van der Waals surface area contributed by atoms with Crippen molar-refractivity contribution >= 4 is 17.1 Å². The molecule has 0 aliphatic heterocycles. The average molecular weight is 479 g/mol. The number of nitrogens with one attached hydrogen (secondary N) is 1. The number of aromatic nitrogens is 2. The highest BCUT2D eigenvalue weighted by molar-refractivity contribution is 5.94. The molecule has 2 aromatic carbocycles. The number of rotatable bonds is 6. The Morgan fingerprint density at radius 2 is 1.71 bits per heavy atom. The van der Waals surface area contributed by atoms with Crippen LogP contribution >= 0.6 is 0 Å². The summed E-state index contributed by atoms with van der Waals surface area (Å²) in [4.78, 5) is 20.8. The molecule has 182 valence electrons. The van der Waals surface area contributed by atoms with Crippen molar-refractivity contribution in [2.75, 3.05) is 6.61 Å². The fourth-order valence-corrected chi connectivity index (χ4v) is 3.35. The van der Waals surface area contributed by atoms with Crippen molar-refractivity contribution in [1.29, 1.82) is 0 Å². The van der Waals surface area contributed by atoms with Crippen LogP contribution in [0.3, 0.4) is 0 Å². The number of amides is 1. The molecule has 3 aromatic rings. The molecule has 3 N–H and O–H groups in total. The molecule has 0 radical (unpaired) electrons. The SMILES string of the molecule is CC(C)(C)OC(=O)NCc1cc(-c2ccc(OC(F)(F)F)cc2)c2nccnc2c1C(O)CO. The van der Waals surface area contributed by atoms with E-state index in [-0.39, 0.29) is 23.4 Å². The Kier molecular flexibility index (Phi) is 7.27. The third kappa shape index (κ3) is 6.33. The zero-order valence-electron chi connectivity index (χ0n) is 18.7. The number of carbonyl (C=O) groups excluding carboxylic acids is 1. The van der Waals surface area contributed by atoms with Crippen molar-refractivity contribution in [3.05, 3.63) is 53.9 Å². The molecule has 1 amide bonds. The molecule has 1 unspecified atom stereocenters. The number of hydrogen-bond donors (Lipinski definition) is 3. The quantitative estimate of drug-likeness (QED) is 0.484. The smallest absolute Gasteiger partial charge is 0.444 e. The first-order valence-electron chi connectivity index (χ1n) is 10.3. The van der Waals surface area contributed by atoms with E-state index in [4.69, 9.17) is 4.74 Å². The Labute approximate surface area is 193 Å². The molecule has 1 heterocycles. The lowest BCUT2D eigenvalue weighted by atomic mass is 9.93. The fraction of sp³-hybridized carbons (Fsp3) is 0.348. The van der Waals surface area contributed by atoms with Crippen LogP contribution < -0.4 is 10.1 Å². The number of aliphatic hydroxyl groups is 2. The highest BCUT2D eigenvalue weighted by Gasteiger charge is 2.31. The summed E-state index contributed by atoms with van der Waals surface area (Å²) in [6.45, 7) is 4.46. The zero-order valence-corrected chi connectivity index (χ0v) is 18.7. The van der Waals surface area contributed by atoms with Gasteiger partial charge in [0.2, 0.25) is 0 Å². The van der Waals surface area contributed by atoms with Crippen molar-refractivity contribution in [2.24, 2.45) is 0 Å². The van der Waals surface area contributed by atoms with Crippen LogP contribution in [0.2, 0.25) is 0 Å². The third-order valence-electron chi connectivity index (χ3n) is 4.60. The van der Waals surface area contributed by atoms with Crippen molar-refractivity contribution in [2.45, 2.75) is 45.4 Å². The molecular formula is C23H24F3N3O5. The van der Waals surface area contributed by atoms with Crippen LogP contribution in [0.4, 0.5) is 18.0 Å². The van der Waals surface area contributed by atoms with Gasteiger partial charge in [-0.2, -0.15) is 0 Å². The average Bonchev–Trinajstić information content (AvgIpc) is 2.74. The monoisotopic (exact) mass is 479 g/mol. The number of benzene rings is 2. The van der Waals surface area contributed by atoms with Gasteiger partial charge in [0.15, 0.2) is 0 Å². The van der Waals surface area contributed by atoms with Gasteiger partial charge in [0.25, 0.3) is 0 Å². The van der Waals surface area contributed by atoms with E-state index in [1.807, 2.05) is 0 Å². The standard InChI is InChI=1S/C23H24F3N3O5/c1-22(2,3)34-21(32)29-11-14-10-16(13-4-6-15(7-5-13)33-23(24,25)26)19-20(28-9-8-27-19)18(14)17(31)12-30/h4-10,17,30-31H,11-12H2,1-3H3,(H,29,32). The number of alkyl halides is 3. The summed E-state index contributed by atoms with van der Waals surface area (Å²) in [5.74, 6) is -0.384. The Hall–Kier alpha value is -3.44. The van der Waals surface area contributed by atoms with Gasteiger partial charge in [-0.15, -0.1) is 13.2 Å². The number of hydrogen-bond acceptors (Lipinski definition) is 7. The molecule has 1 aromatic heterocycles. The van der Waals surface area contributed by atoms with E-state index in [1.165, 1.54) is 36.7 Å². The first kappa shape index (κ1) is 25.2. The minimum atomic E-state index is -4.82. The predicted octanol–water partition coefficient (Wildman–Crippen LogP) is 4.25. The Bertz CT molecular complexity index is 1160. The second-order valence-corrected chi connectivity index (χ2v) is 8.38. The number of carbonyl (C=O) groups is 1. The summed E-state index contributed by atoms with van der Waals surface area (Å²) in [5.41, 5.74) is 1.60. The van der Waals surface area contributed by atoms with E-state index in [0.717, 1.165) is 0 Å². The molecule has 11 heteroatoms. The molecular weight excluding hydrogens is 455 g/mol. The number of alkyl carbamates (subject to hydrolysis) is 1. The predicted molar refractivity (Wildman–Crippen MR) is 117 cm³/mol. The minimum Gasteiger partial charge on any atom is -0.444 e. The van der Waals surface area contributed by atoms with E-state index in [2.05, 4.69) is 20.0 Å². The molecule has 0 spiro atoms. The molecule has 0 fully saturated rings. The van der Waals surface area contributed by atoms with Gasteiger partial charge in [-0.05, 0) is 50.1 Å². The van der Waals surface area contributed by atoms with Crippen molar-refractivity contribution in [1.82, 2.24) is 15.3 Å². The normalized spacial score (nSPS) is 12.9. The van der Waals surface area contributed by atoms with Gasteiger partial charge in [0.05, 0.1) is 17.6 Å². The molecule has 3 rings (SSSR count). The van der Waals surface area contributed by atoms with E-state index < -0.39 is 30.8 Å². The van der Waals surface area contributed by atoms with Crippen LogP contribution in [-0.2, 0) is 11.3 Å². The minimum absolute atomic E-state index is 0.0733. The van der Waals surface area contributed by atoms with E-state index in [0.29, 0.717) is 22.2 Å². The van der Waals surface area contributed by atoms with Gasteiger partial charge >= 0.3 is 12.5 Å². The molecule has 0 saturated heterocycles. The van der Waals surface area contributed by atoms with Gasteiger partial charge < -0.3 is 25.0 Å².